The first-order valence-electron chi connectivity index (χ1n) is 8.49. The molecule has 0 atom stereocenters. The smallest absolute Gasteiger partial charge is 0.0500 e. The maximum Gasteiger partial charge on any atom is 0.0500 e. The third kappa shape index (κ3) is 3.18. The molecule has 3 N–H and O–H groups in total. The van der Waals surface area contributed by atoms with E-state index >= 15 is 0 Å². The summed E-state index contributed by atoms with van der Waals surface area (Å²) in [4.78, 5) is 3.66. The van der Waals surface area contributed by atoms with Gasteiger partial charge in [0.15, 0.2) is 0 Å². The maximum atomic E-state index is 5.69. The normalized spacial score (nSPS) is 11.3. The van der Waals surface area contributed by atoms with Crippen molar-refractivity contribution < 1.29 is 0 Å². The van der Waals surface area contributed by atoms with Gasteiger partial charge in [-0.2, -0.15) is 0 Å². The lowest BCUT2D eigenvalue weighted by molar-refractivity contribution is 0.748. The minimum absolute atomic E-state index is 0.764. The topological polar surface area (TPSA) is 41.8 Å². The van der Waals surface area contributed by atoms with Crippen molar-refractivity contribution in [2.45, 2.75) is 40.0 Å². The van der Waals surface area contributed by atoms with Crippen LogP contribution in [0.15, 0.2) is 36.4 Å². The van der Waals surface area contributed by atoms with Crippen molar-refractivity contribution in [3.63, 3.8) is 0 Å². The monoisotopic (exact) mass is 306 g/mol. The summed E-state index contributed by atoms with van der Waals surface area (Å²) in [5.41, 5.74) is 14.9. The molecule has 0 radical (unpaired) electrons. The van der Waals surface area contributed by atoms with E-state index in [0.717, 1.165) is 25.8 Å². The number of aromatic amines is 1. The minimum atomic E-state index is 0.764. The highest BCUT2D eigenvalue weighted by atomic mass is 14.7. The van der Waals surface area contributed by atoms with E-state index in [4.69, 9.17) is 5.73 Å². The highest BCUT2D eigenvalue weighted by molar-refractivity contribution is 5.91. The van der Waals surface area contributed by atoms with Gasteiger partial charge in [-0.05, 0) is 69.8 Å². The van der Waals surface area contributed by atoms with Crippen LogP contribution in [0.25, 0.3) is 22.2 Å². The van der Waals surface area contributed by atoms with Gasteiger partial charge in [-0.3, -0.25) is 0 Å². The number of unbranched alkanes of at least 4 members (excludes halogenated alkanes) is 1. The third-order valence-electron chi connectivity index (χ3n) is 4.59. The molecule has 0 saturated heterocycles. The lowest BCUT2D eigenvalue weighted by Gasteiger charge is -2.09. The first kappa shape index (κ1) is 15.8. The Morgan fingerprint density at radius 2 is 1.65 bits per heavy atom. The zero-order valence-electron chi connectivity index (χ0n) is 14.4. The van der Waals surface area contributed by atoms with Crippen molar-refractivity contribution in [1.82, 2.24) is 4.98 Å². The van der Waals surface area contributed by atoms with Gasteiger partial charge in [-0.15, -0.1) is 0 Å². The Balaban J connectivity index is 2.16. The Kier molecular flexibility index (Phi) is 4.53. The van der Waals surface area contributed by atoms with Crippen LogP contribution < -0.4 is 5.73 Å². The number of nitrogens with two attached hydrogens (primary N) is 1. The molecule has 2 aromatic carbocycles. The van der Waals surface area contributed by atoms with Crippen molar-refractivity contribution in [3.8, 4) is 11.3 Å². The Morgan fingerprint density at radius 3 is 2.39 bits per heavy atom. The summed E-state index contributed by atoms with van der Waals surface area (Å²) in [6, 6.07) is 13.4. The van der Waals surface area contributed by atoms with E-state index in [1.807, 2.05) is 0 Å². The van der Waals surface area contributed by atoms with Crippen LogP contribution >= 0.6 is 0 Å². The van der Waals surface area contributed by atoms with Crippen LogP contribution in [0.4, 0.5) is 0 Å². The first-order chi connectivity index (χ1) is 11.1. The summed E-state index contributed by atoms with van der Waals surface area (Å²) in [7, 11) is 0. The Morgan fingerprint density at radius 1 is 0.913 bits per heavy atom. The lowest BCUT2D eigenvalue weighted by atomic mass is 9.96. The molecule has 120 valence electrons. The first-order valence-corrected chi connectivity index (χ1v) is 8.49. The van der Waals surface area contributed by atoms with Gasteiger partial charge in [0.05, 0.1) is 0 Å². The van der Waals surface area contributed by atoms with E-state index in [9.17, 15) is 0 Å². The zero-order valence-corrected chi connectivity index (χ0v) is 14.4. The van der Waals surface area contributed by atoms with E-state index in [1.165, 1.54) is 44.4 Å². The summed E-state index contributed by atoms with van der Waals surface area (Å²) in [6.07, 6.45) is 3.28. The molecule has 3 aromatic rings. The van der Waals surface area contributed by atoms with E-state index in [2.05, 4.69) is 62.2 Å². The van der Waals surface area contributed by atoms with Crippen LogP contribution in [0.1, 0.15) is 35.1 Å². The second-order valence-electron chi connectivity index (χ2n) is 6.59. The van der Waals surface area contributed by atoms with Crippen LogP contribution in [0.3, 0.4) is 0 Å². The van der Waals surface area contributed by atoms with E-state index in [-0.39, 0.29) is 0 Å². The van der Waals surface area contributed by atoms with Gasteiger partial charge >= 0.3 is 0 Å². The molecular formula is C21H26N2. The Labute approximate surface area is 138 Å². The summed E-state index contributed by atoms with van der Waals surface area (Å²) in [5, 5.41) is 1.36. The number of hydrogen-bond acceptors (Lipinski definition) is 1. The Bertz CT molecular complexity index is 827. The van der Waals surface area contributed by atoms with Crippen molar-refractivity contribution in [1.29, 1.82) is 0 Å². The number of aryl methyl sites for hydroxylation is 4. The second-order valence-corrected chi connectivity index (χ2v) is 6.59. The Hall–Kier alpha value is -2.06. The molecule has 0 bridgehead atoms. The van der Waals surface area contributed by atoms with Crippen LogP contribution in [-0.2, 0) is 6.42 Å². The number of hydrogen-bond donors (Lipinski definition) is 2. The van der Waals surface area contributed by atoms with Crippen molar-refractivity contribution in [2.24, 2.45) is 5.73 Å². The van der Waals surface area contributed by atoms with Gasteiger partial charge in [0.1, 0.15) is 0 Å². The van der Waals surface area contributed by atoms with Gasteiger partial charge in [0, 0.05) is 22.2 Å². The van der Waals surface area contributed by atoms with E-state index in [1.54, 1.807) is 0 Å². The number of H-pyrrole nitrogens is 1. The highest BCUT2D eigenvalue weighted by Crippen LogP contribution is 2.34. The zero-order chi connectivity index (χ0) is 16.4. The van der Waals surface area contributed by atoms with E-state index < -0.39 is 0 Å². The van der Waals surface area contributed by atoms with Gasteiger partial charge < -0.3 is 10.7 Å². The van der Waals surface area contributed by atoms with Crippen LogP contribution in [-0.4, -0.2) is 11.5 Å². The SMILES string of the molecule is Cc1ccc(-c2[nH]c3ccc(C)cc3c2CCCCN)c(C)c1. The standard InChI is InChI=1S/C21H26N2/c1-14-7-9-17(16(3)12-14)21-18(6-4-5-11-22)19-13-15(2)8-10-20(19)23-21/h7-10,12-13,23H,4-6,11,22H2,1-3H3. The van der Waals surface area contributed by atoms with E-state index in [0.29, 0.717) is 0 Å². The number of benzene rings is 2. The average molecular weight is 306 g/mol. The second kappa shape index (κ2) is 6.59. The van der Waals surface area contributed by atoms with Gasteiger partial charge in [-0.25, -0.2) is 0 Å². The fourth-order valence-corrected chi connectivity index (χ4v) is 3.39. The van der Waals surface area contributed by atoms with Crippen LogP contribution in [0.2, 0.25) is 0 Å². The summed E-state index contributed by atoms with van der Waals surface area (Å²) >= 11 is 0. The van der Waals surface area contributed by atoms with Crippen molar-refractivity contribution in [2.75, 3.05) is 6.54 Å². The largest absolute Gasteiger partial charge is 0.354 e. The molecule has 3 rings (SSSR count). The fourth-order valence-electron chi connectivity index (χ4n) is 3.39. The van der Waals surface area contributed by atoms with Gasteiger partial charge in [-0.1, -0.05) is 35.4 Å². The molecule has 1 aromatic heterocycles. The molecule has 0 spiro atoms. The number of nitrogens with one attached hydrogen (secondary N) is 1. The molecule has 2 heteroatoms. The van der Waals surface area contributed by atoms with Gasteiger partial charge in [0.2, 0.25) is 0 Å². The molecule has 0 aliphatic rings. The molecular weight excluding hydrogens is 280 g/mol. The minimum Gasteiger partial charge on any atom is -0.354 e. The van der Waals surface area contributed by atoms with Crippen LogP contribution in [0.5, 0.6) is 0 Å². The third-order valence-corrected chi connectivity index (χ3v) is 4.59. The molecule has 23 heavy (non-hydrogen) atoms. The predicted octanol–water partition coefficient (Wildman–Crippen LogP) is 5.04. The molecule has 0 fully saturated rings. The summed E-state index contributed by atoms with van der Waals surface area (Å²) in [5.74, 6) is 0. The summed E-state index contributed by atoms with van der Waals surface area (Å²) in [6.45, 7) is 7.27. The lowest BCUT2D eigenvalue weighted by Crippen LogP contribution is -1.99. The maximum absolute atomic E-state index is 5.69. The number of aromatic nitrogens is 1. The summed E-state index contributed by atoms with van der Waals surface area (Å²) < 4.78 is 0. The molecule has 0 saturated carbocycles. The molecule has 0 amide bonds. The fraction of sp³-hybridized carbons (Fsp3) is 0.333. The van der Waals surface area contributed by atoms with Gasteiger partial charge in [0.25, 0.3) is 0 Å². The molecule has 1 heterocycles. The van der Waals surface area contributed by atoms with Crippen molar-refractivity contribution >= 4 is 10.9 Å². The molecule has 0 aliphatic heterocycles. The highest BCUT2D eigenvalue weighted by Gasteiger charge is 2.14. The van der Waals surface area contributed by atoms with Crippen molar-refractivity contribution in [3.05, 3.63) is 58.7 Å². The number of fused-ring (bicyclic) bond motifs is 1. The predicted molar refractivity (Wildman–Crippen MR) is 99.9 cm³/mol. The number of rotatable bonds is 5. The molecule has 0 aliphatic carbocycles. The van der Waals surface area contributed by atoms with Crippen LogP contribution in [0, 0.1) is 20.8 Å². The average Bonchev–Trinajstić information content (AvgIpc) is 2.85. The molecule has 2 nitrogen and oxygen atoms in total. The molecule has 0 unspecified atom stereocenters. The quantitative estimate of drug-likeness (QED) is 0.637.